The van der Waals surface area contributed by atoms with Gasteiger partial charge in [-0.05, 0) is 42.1 Å². The van der Waals surface area contributed by atoms with Crippen LogP contribution in [0.1, 0.15) is 12.5 Å². The molecule has 1 aromatic heterocycles. The van der Waals surface area contributed by atoms with Gasteiger partial charge in [-0.3, -0.25) is 4.98 Å². The minimum Gasteiger partial charge on any atom is -0.463 e. The lowest BCUT2D eigenvalue weighted by atomic mass is 10.1. The van der Waals surface area contributed by atoms with Crippen LogP contribution < -0.4 is 0 Å². The van der Waals surface area contributed by atoms with Crippen molar-refractivity contribution in [3.63, 3.8) is 0 Å². The van der Waals surface area contributed by atoms with Crippen LogP contribution >= 0.6 is 11.6 Å². The van der Waals surface area contributed by atoms with E-state index in [4.69, 9.17) is 16.3 Å². The molecule has 0 saturated carbocycles. The molecule has 1 aromatic carbocycles. The molecule has 0 atom stereocenters. The number of nitrogens with zero attached hydrogens (tertiary/aromatic N) is 1. The summed E-state index contributed by atoms with van der Waals surface area (Å²) in [6.45, 7) is 2.13. The van der Waals surface area contributed by atoms with E-state index in [1.807, 2.05) is 12.1 Å². The van der Waals surface area contributed by atoms with Gasteiger partial charge in [0.1, 0.15) is 0 Å². The van der Waals surface area contributed by atoms with Gasteiger partial charge in [-0.25, -0.2) is 4.79 Å². The molecule has 3 nitrogen and oxygen atoms in total. The van der Waals surface area contributed by atoms with E-state index in [0.29, 0.717) is 11.6 Å². The van der Waals surface area contributed by atoms with E-state index in [1.165, 1.54) is 6.08 Å². The number of hydrogen-bond acceptors (Lipinski definition) is 3. The third-order valence-electron chi connectivity index (χ3n) is 2.44. The second-order valence-electron chi connectivity index (χ2n) is 3.68. The highest BCUT2D eigenvalue weighted by molar-refractivity contribution is 6.31. The van der Waals surface area contributed by atoms with Gasteiger partial charge >= 0.3 is 5.97 Å². The minimum absolute atomic E-state index is 0.361. The van der Waals surface area contributed by atoms with Crippen LogP contribution in [0, 0.1) is 0 Å². The molecule has 4 heteroatoms. The van der Waals surface area contributed by atoms with E-state index in [-0.39, 0.29) is 5.97 Å². The molecule has 0 aliphatic heterocycles. The number of ether oxygens (including phenoxy) is 1. The Morgan fingerprint density at radius 1 is 1.50 bits per heavy atom. The first-order chi connectivity index (χ1) is 8.70. The van der Waals surface area contributed by atoms with Gasteiger partial charge in [0.15, 0.2) is 0 Å². The van der Waals surface area contributed by atoms with Crippen molar-refractivity contribution in [1.82, 2.24) is 4.98 Å². The minimum atomic E-state index is -0.361. The van der Waals surface area contributed by atoms with Crippen molar-refractivity contribution in [1.29, 1.82) is 0 Å². The SMILES string of the molecule is CCOC(=O)/C=C/c1cc(Cl)cc2cnccc12. The van der Waals surface area contributed by atoms with Crippen LogP contribution in [-0.4, -0.2) is 17.6 Å². The Labute approximate surface area is 110 Å². The molecule has 0 fully saturated rings. The van der Waals surface area contributed by atoms with Crippen molar-refractivity contribution in [2.45, 2.75) is 6.92 Å². The molecule has 1 heterocycles. The fourth-order valence-corrected chi connectivity index (χ4v) is 1.92. The van der Waals surface area contributed by atoms with Gasteiger partial charge in [-0.15, -0.1) is 0 Å². The summed E-state index contributed by atoms with van der Waals surface area (Å²) in [6, 6.07) is 5.53. The van der Waals surface area contributed by atoms with Gasteiger partial charge in [0.05, 0.1) is 6.61 Å². The molecule has 0 N–H and O–H groups in total. The third-order valence-corrected chi connectivity index (χ3v) is 2.65. The molecule has 0 spiro atoms. The lowest BCUT2D eigenvalue weighted by Crippen LogP contribution is -1.98. The van der Waals surface area contributed by atoms with E-state index in [1.54, 1.807) is 31.5 Å². The lowest BCUT2D eigenvalue weighted by molar-refractivity contribution is -0.137. The van der Waals surface area contributed by atoms with Crippen LogP contribution in [0.15, 0.2) is 36.7 Å². The fourth-order valence-electron chi connectivity index (χ4n) is 1.69. The first kappa shape index (κ1) is 12.6. The van der Waals surface area contributed by atoms with E-state index in [0.717, 1.165) is 16.3 Å². The number of pyridine rings is 1. The number of halogens is 1. The standard InChI is InChI=1S/C14H12ClNO2/c1-2-18-14(17)4-3-10-7-12(15)8-11-9-16-6-5-13(10)11/h3-9H,2H2,1H3/b4-3+. The summed E-state index contributed by atoms with van der Waals surface area (Å²) < 4.78 is 4.83. The predicted octanol–water partition coefficient (Wildman–Crippen LogP) is 3.46. The maximum Gasteiger partial charge on any atom is 0.330 e. The molecule has 0 amide bonds. The summed E-state index contributed by atoms with van der Waals surface area (Å²) >= 11 is 6.02. The highest BCUT2D eigenvalue weighted by Crippen LogP contribution is 2.24. The number of fused-ring (bicyclic) bond motifs is 1. The third kappa shape index (κ3) is 2.87. The molecule has 0 radical (unpaired) electrons. The predicted molar refractivity (Wildman–Crippen MR) is 72.4 cm³/mol. The summed E-state index contributed by atoms with van der Waals surface area (Å²) in [5, 5.41) is 2.54. The Hall–Kier alpha value is -1.87. The van der Waals surface area contributed by atoms with E-state index < -0.39 is 0 Å². The number of benzene rings is 1. The van der Waals surface area contributed by atoms with Crippen molar-refractivity contribution in [3.05, 3.63) is 47.3 Å². The summed E-state index contributed by atoms with van der Waals surface area (Å²) in [5.41, 5.74) is 0.868. The van der Waals surface area contributed by atoms with Crippen molar-refractivity contribution < 1.29 is 9.53 Å². The zero-order chi connectivity index (χ0) is 13.0. The van der Waals surface area contributed by atoms with Gasteiger partial charge in [-0.2, -0.15) is 0 Å². The summed E-state index contributed by atoms with van der Waals surface area (Å²) in [7, 11) is 0. The van der Waals surface area contributed by atoms with Gasteiger partial charge in [-0.1, -0.05) is 11.6 Å². The van der Waals surface area contributed by atoms with Crippen LogP contribution in [0.4, 0.5) is 0 Å². The zero-order valence-corrected chi connectivity index (χ0v) is 10.6. The van der Waals surface area contributed by atoms with Crippen molar-refractivity contribution in [2.75, 3.05) is 6.61 Å². The molecule has 0 aliphatic carbocycles. The average Bonchev–Trinajstić information content (AvgIpc) is 2.36. The quantitative estimate of drug-likeness (QED) is 0.627. The lowest BCUT2D eigenvalue weighted by Gasteiger charge is -2.03. The van der Waals surface area contributed by atoms with Gasteiger partial charge in [0.2, 0.25) is 0 Å². The summed E-state index contributed by atoms with van der Waals surface area (Å²) in [5.74, 6) is -0.361. The summed E-state index contributed by atoms with van der Waals surface area (Å²) in [4.78, 5) is 15.3. The van der Waals surface area contributed by atoms with Crippen molar-refractivity contribution in [3.8, 4) is 0 Å². The highest BCUT2D eigenvalue weighted by atomic mass is 35.5. The maximum atomic E-state index is 11.3. The smallest absolute Gasteiger partial charge is 0.330 e. The van der Waals surface area contributed by atoms with Gasteiger partial charge < -0.3 is 4.74 Å². The Kier molecular flexibility index (Phi) is 3.95. The fraction of sp³-hybridized carbons (Fsp3) is 0.143. The van der Waals surface area contributed by atoms with Crippen LogP contribution in [0.25, 0.3) is 16.8 Å². The van der Waals surface area contributed by atoms with E-state index >= 15 is 0 Å². The molecular formula is C14H12ClNO2. The summed E-state index contributed by atoms with van der Waals surface area (Å²) in [6.07, 6.45) is 6.54. The molecule has 92 valence electrons. The molecule has 0 saturated heterocycles. The van der Waals surface area contributed by atoms with Crippen molar-refractivity contribution in [2.24, 2.45) is 0 Å². The molecule has 0 unspecified atom stereocenters. The largest absolute Gasteiger partial charge is 0.463 e. The number of carbonyl (C=O) groups excluding carboxylic acids is 1. The van der Waals surface area contributed by atoms with E-state index in [2.05, 4.69) is 4.98 Å². The second-order valence-corrected chi connectivity index (χ2v) is 4.11. The Balaban J connectivity index is 2.41. The topological polar surface area (TPSA) is 39.2 Å². The average molecular weight is 262 g/mol. The zero-order valence-electron chi connectivity index (χ0n) is 9.89. The monoisotopic (exact) mass is 261 g/mol. The Morgan fingerprint density at radius 3 is 3.11 bits per heavy atom. The Bertz CT molecular complexity index is 608. The molecule has 2 aromatic rings. The maximum absolute atomic E-state index is 11.3. The Morgan fingerprint density at radius 2 is 2.33 bits per heavy atom. The normalized spacial score (nSPS) is 11.0. The molecule has 0 bridgehead atoms. The number of esters is 1. The van der Waals surface area contributed by atoms with Crippen LogP contribution in [0.2, 0.25) is 5.02 Å². The number of aromatic nitrogens is 1. The molecule has 2 rings (SSSR count). The number of hydrogen-bond donors (Lipinski definition) is 0. The molecule has 18 heavy (non-hydrogen) atoms. The van der Waals surface area contributed by atoms with Crippen LogP contribution in [0.5, 0.6) is 0 Å². The van der Waals surface area contributed by atoms with E-state index in [9.17, 15) is 4.79 Å². The van der Waals surface area contributed by atoms with Crippen molar-refractivity contribution >= 4 is 34.4 Å². The van der Waals surface area contributed by atoms with Gasteiger partial charge in [0.25, 0.3) is 0 Å². The highest BCUT2D eigenvalue weighted by Gasteiger charge is 2.02. The van der Waals surface area contributed by atoms with Gasteiger partial charge in [0, 0.05) is 28.9 Å². The van der Waals surface area contributed by atoms with Crippen LogP contribution in [0.3, 0.4) is 0 Å². The first-order valence-corrected chi connectivity index (χ1v) is 5.96. The van der Waals surface area contributed by atoms with Crippen LogP contribution in [-0.2, 0) is 9.53 Å². The molecule has 0 aliphatic rings. The molecular weight excluding hydrogens is 250 g/mol. The number of rotatable bonds is 3. The second kappa shape index (κ2) is 5.65. The number of carbonyl (C=O) groups is 1. The first-order valence-electron chi connectivity index (χ1n) is 5.59.